The summed E-state index contributed by atoms with van der Waals surface area (Å²) in [5.41, 5.74) is 0.306. The molecule has 1 heterocycles. The van der Waals surface area contributed by atoms with Crippen LogP contribution in [0.3, 0.4) is 0 Å². The van der Waals surface area contributed by atoms with Gasteiger partial charge in [-0.2, -0.15) is 5.10 Å². The standard InChI is InChI=1S/C13H22ClN3O2/c1-3-4-8-17-13(19)12(14)11(9-16-17)15-7-5-6-10(2)18/h9-10,15,18H,3-8H2,1-2H3. The summed E-state index contributed by atoms with van der Waals surface area (Å²) in [7, 11) is 0. The Bertz CT molecular complexity index is 446. The number of unbranched alkanes of at least 4 members (excludes halogenated alkanes) is 1. The van der Waals surface area contributed by atoms with Crippen LogP contribution in [0.2, 0.25) is 5.02 Å². The fourth-order valence-corrected chi connectivity index (χ4v) is 1.89. The molecule has 0 saturated heterocycles. The van der Waals surface area contributed by atoms with Gasteiger partial charge in [0.15, 0.2) is 0 Å². The average Bonchev–Trinajstić information content (AvgIpc) is 2.38. The van der Waals surface area contributed by atoms with E-state index in [1.54, 1.807) is 13.1 Å². The predicted molar refractivity (Wildman–Crippen MR) is 77.8 cm³/mol. The molecule has 5 nitrogen and oxygen atoms in total. The topological polar surface area (TPSA) is 67.2 Å². The highest BCUT2D eigenvalue weighted by Gasteiger charge is 2.08. The van der Waals surface area contributed by atoms with Gasteiger partial charge in [-0.15, -0.1) is 0 Å². The summed E-state index contributed by atoms with van der Waals surface area (Å²) >= 11 is 6.03. The minimum Gasteiger partial charge on any atom is -0.393 e. The summed E-state index contributed by atoms with van der Waals surface area (Å²) in [6.45, 7) is 5.07. The van der Waals surface area contributed by atoms with Crippen LogP contribution in [0.1, 0.15) is 39.5 Å². The van der Waals surface area contributed by atoms with Crippen LogP contribution in [0.4, 0.5) is 5.69 Å². The maximum atomic E-state index is 11.9. The van der Waals surface area contributed by atoms with Crippen molar-refractivity contribution in [3.05, 3.63) is 21.6 Å². The molecule has 0 aromatic carbocycles. The second-order valence-corrected chi connectivity index (χ2v) is 5.05. The largest absolute Gasteiger partial charge is 0.393 e. The average molecular weight is 288 g/mol. The molecule has 1 aromatic heterocycles. The van der Waals surface area contributed by atoms with E-state index in [0.717, 1.165) is 19.3 Å². The highest BCUT2D eigenvalue weighted by Crippen LogP contribution is 2.15. The molecule has 0 bridgehead atoms. The van der Waals surface area contributed by atoms with Crippen molar-refractivity contribution < 1.29 is 5.11 Å². The van der Waals surface area contributed by atoms with Gasteiger partial charge in [-0.25, -0.2) is 4.68 Å². The minimum absolute atomic E-state index is 0.183. The molecule has 1 rings (SSSR count). The zero-order valence-electron chi connectivity index (χ0n) is 11.5. The van der Waals surface area contributed by atoms with Crippen LogP contribution in [-0.2, 0) is 6.54 Å². The first-order valence-electron chi connectivity index (χ1n) is 6.73. The van der Waals surface area contributed by atoms with Gasteiger partial charge in [-0.1, -0.05) is 24.9 Å². The first-order valence-corrected chi connectivity index (χ1v) is 7.11. The molecule has 0 aliphatic carbocycles. The maximum absolute atomic E-state index is 11.9. The lowest BCUT2D eigenvalue weighted by Gasteiger charge is -2.10. The van der Waals surface area contributed by atoms with Crippen molar-refractivity contribution in [2.75, 3.05) is 11.9 Å². The maximum Gasteiger partial charge on any atom is 0.287 e. The predicted octanol–water partition coefficient (Wildman–Crippen LogP) is 2.27. The molecule has 19 heavy (non-hydrogen) atoms. The van der Waals surface area contributed by atoms with E-state index in [1.165, 1.54) is 4.68 Å². The van der Waals surface area contributed by atoms with Crippen molar-refractivity contribution in [1.82, 2.24) is 9.78 Å². The molecule has 108 valence electrons. The van der Waals surface area contributed by atoms with Gasteiger partial charge in [0.25, 0.3) is 5.56 Å². The number of aliphatic hydroxyl groups excluding tert-OH is 1. The Morgan fingerprint density at radius 3 is 2.89 bits per heavy atom. The first kappa shape index (κ1) is 16.0. The van der Waals surface area contributed by atoms with Crippen molar-refractivity contribution in [1.29, 1.82) is 0 Å². The highest BCUT2D eigenvalue weighted by molar-refractivity contribution is 6.32. The fraction of sp³-hybridized carbons (Fsp3) is 0.692. The van der Waals surface area contributed by atoms with Gasteiger partial charge in [-0.3, -0.25) is 4.79 Å². The quantitative estimate of drug-likeness (QED) is 0.720. The monoisotopic (exact) mass is 287 g/mol. The first-order chi connectivity index (χ1) is 9.06. The molecule has 1 atom stereocenters. The smallest absolute Gasteiger partial charge is 0.287 e. The van der Waals surface area contributed by atoms with Gasteiger partial charge in [0, 0.05) is 13.1 Å². The van der Waals surface area contributed by atoms with Gasteiger partial charge in [-0.05, 0) is 26.2 Å². The second-order valence-electron chi connectivity index (χ2n) is 4.67. The molecular weight excluding hydrogens is 266 g/mol. The van der Waals surface area contributed by atoms with Crippen LogP contribution in [0, 0.1) is 0 Å². The van der Waals surface area contributed by atoms with Crippen LogP contribution < -0.4 is 10.9 Å². The number of anilines is 1. The molecule has 0 saturated carbocycles. The Morgan fingerprint density at radius 1 is 1.53 bits per heavy atom. The lowest BCUT2D eigenvalue weighted by Crippen LogP contribution is -2.24. The Labute approximate surface area is 118 Å². The molecule has 6 heteroatoms. The fourth-order valence-electron chi connectivity index (χ4n) is 1.68. The molecule has 0 radical (unpaired) electrons. The Morgan fingerprint density at radius 2 is 2.26 bits per heavy atom. The SMILES string of the molecule is CCCCn1ncc(NCCCC(C)O)c(Cl)c1=O. The van der Waals surface area contributed by atoms with Gasteiger partial charge < -0.3 is 10.4 Å². The van der Waals surface area contributed by atoms with Crippen LogP contribution in [0.15, 0.2) is 11.0 Å². The van der Waals surface area contributed by atoms with E-state index in [2.05, 4.69) is 17.3 Å². The van der Waals surface area contributed by atoms with E-state index in [9.17, 15) is 4.79 Å². The number of halogens is 1. The van der Waals surface area contributed by atoms with E-state index >= 15 is 0 Å². The number of aryl methyl sites for hydroxylation is 1. The Balaban J connectivity index is 2.61. The van der Waals surface area contributed by atoms with Crippen LogP contribution in [0.25, 0.3) is 0 Å². The lowest BCUT2D eigenvalue weighted by atomic mass is 10.2. The lowest BCUT2D eigenvalue weighted by molar-refractivity contribution is 0.183. The van der Waals surface area contributed by atoms with Crippen molar-refractivity contribution >= 4 is 17.3 Å². The Kier molecular flexibility index (Phi) is 6.87. The molecule has 1 aromatic rings. The van der Waals surface area contributed by atoms with Crippen molar-refractivity contribution in [2.24, 2.45) is 0 Å². The summed E-state index contributed by atoms with van der Waals surface area (Å²) in [4.78, 5) is 11.9. The molecule has 0 spiro atoms. The van der Waals surface area contributed by atoms with Crippen LogP contribution in [-0.4, -0.2) is 27.5 Å². The number of aliphatic hydroxyl groups is 1. The third-order valence-electron chi connectivity index (χ3n) is 2.82. The normalized spacial score (nSPS) is 12.4. The van der Waals surface area contributed by atoms with Crippen molar-refractivity contribution in [2.45, 2.75) is 52.2 Å². The van der Waals surface area contributed by atoms with E-state index in [0.29, 0.717) is 25.2 Å². The second kappa shape index (κ2) is 8.17. The van der Waals surface area contributed by atoms with Crippen LogP contribution >= 0.6 is 11.6 Å². The third kappa shape index (κ3) is 5.20. The van der Waals surface area contributed by atoms with Crippen LogP contribution in [0.5, 0.6) is 0 Å². The molecule has 1 unspecified atom stereocenters. The van der Waals surface area contributed by atoms with E-state index < -0.39 is 0 Å². The van der Waals surface area contributed by atoms with Gasteiger partial charge in [0.05, 0.1) is 18.0 Å². The molecule has 0 aliphatic heterocycles. The van der Waals surface area contributed by atoms with Gasteiger partial charge in [0.2, 0.25) is 0 Å². The van der Waals surface area contributed by atoms with Gasteiger partial charge >= 0.3 is 0 Å². The van der Waals surface area contributed by atoms with Crippen molar-refractivity contribution in [3.63, 3.8) is 0 Å². The molecule has 0 aliphatic rings. The number of nitrogens with zero attached hydrogens (tertiary/aromatic N) is 2. The molecule has 0 amide bonds. The summed E-state index contributed by atoms with van der Waals surface area (Å²) in [6, 6.07) is 0. The zero-order valence-corrected chi connectivity index (χ0v) is 12.3. The molecule has 0 fully saturated rings. The third-order valence-corrected chi connectivity index (χ3v) is 3.19. The summed E-state index contributed by atoms with van der Waals surface area (Å²) in [5.74, 6) is 0. The van der Waals surface area contributed by atoms with Crippen molar-refractivity contribution in [3.8, 4) is 0 Å². The minimum atomic E-state index is -0.308. The number of rotatable bonds is 8. The van der Waals surface area contributed by atoms with E-state index in [1.807, 2.05) is 0 Å². The summed E-state index contributed by atoms with van der Waals surface area (Å²) in [6.07, 6.45) is 4.72. The number of aromatic nitrogens is 2. The number of hydrogen-bond donors (Lipinski definition) is 2. The summed E-state index contributed by atoms with van der Waals surface area (Å²) < 4.78 is 1.40. The zero-order chi connectivity index (χ0) is 14.3. The number of nitrogens with one attached hydrogen (secondary N) is 1. The Hall–Kier alpha value is -1.07. The summed E-state index contributed by atoms with van der Waals surface area (Å²) in [5, 5.41) is 16.5. The molecule has 2 N–H and O–H groups in total. The number of hydrogen-bond acceptors (Lipinski definition) is 4. The van der Waals surface area contributed by atoms with E-state index in [-0.39, 0.29) is 16.7 Å². The molecular formula is C13H22ClN3O2. The highest BCUT2D eigenvalue weighted by atomic mass is 35.5. The van der Waals surface area contributed by atoms with Gasteiger partial charge in [0.1, 0.15) is 5.02 Å². The van der Waals surface area contributed by atoms with E-state index in [4.69, 9.17) is 16.7 Å².